The standard InChI is InChI=1S/C9H7ClN2O2/c1-14-9(13)8-7(10)6-4-2-3-5-12(6)11-8/h2-5H,1H3. The third-order valence-corrected chi connectivity index (χ3v) is 2.23. The van der Waals surface area contributed by atoms with Gasteiger partial charge in [-0.2, -0.15) is 5.10 Å². The fraction of sp³-hybridized carbons (Fsp3) is 0.111. The third-order valence-electron chi connectivity index (χ3n) is 1.86. The Morgan fingerprint density at radius 1 is 1.57 bits per heavy atom. The van der Waals surface area contributed by atoms with Crippen LogP contribution in [0.15, 0.2) is 24.4 Å². The average molecular weight is 211 g/mol. The third kappa shape index (κ3) is 1.24. The molecular formula is C9H7ClN2O2. The normalized spacial score (nSPS) is 10.4. The summed E-state index contributed by atoms with van der Waals surface area (Å²) >= 11 is 5.95. The Morgan fingerprint density at radius 3 is 3.00 bits per heavy atom. The van der Waals surface area contributed by atoms with Crippen LogP contribution in [-0.4, -0.2) is 22.7 Å². The zero-order valence-electron chi connectivity index (χ0n) is 7.40. The molecule has 0 bridgehead atoms. The lowest BCUT2D eigenvalue weighted by atomic mass is 10.3. The number of rotatable bonds is 1. The largest absolute Gasteiger partial charge is 0.464 e. The molecule has 0 radical (unpaired) electrons. The number of carbonyl (C=O) groups excluding carboxylic acids is 1. The maximum absolute atomic E-state index is 11.2. The summed E-state index contributed by atoms with van der Waals surface area (Å²) in [5.41, 5.74) is 0.829. The molecule has 2 heterocycles. The fourth-order valence-electron chi connectivity index (χ4n) is 1.20. The minimum atomic E-state index is -0.529. The van der Waals surface area contributed by atoms with Crippen molar-refractivity contribution in [2.75, 3.05) is 7.11 Å². The van der Waals surface area contributed by atoms with Gasteiger partial charge in [-0.3, -0.25) is 0 Å². The van der Waals surface area contributed by atoms with Gasteiger partial charge in [0.1, 0.15) is 5.02 Å². The summed E-state index contributed by atoms with van der Waals surface area (Å²) < 4.78 is 6.08. The van der Waals surface area contributed by atoms with E-state index in [1.165, 1.54) is 11.6 Å². The highest BCUT2D eigenvalue weighted by Gasteiger charge is 2.17. The summed E-state index contributed by atoms with van der Waals surface area (Å²) in [4.78, 5) is 11.2. The van der Waals surface area contributed by atoms with Crippen LogP contribution in [0.1, 0.15) is 10.5 Å². The van der Waals surface area contributed by atoms with Gasteiger partial charge in [0.15, 0.2) is 5.69 Å². The van der Waals surface area contributed by atoms with Crippen molar-refractivity contribution in [3.63, 3.8) is 0 Å². The molecule has 0 aliphatic rings. The van der Waals surface area contributed by atoms with Crippen molar-refractivity contribution in [1.29, 1.82) is 0 Å². The lowest BCUT2D eigenvalue weighted by molar-refractivity contribution is 0.0594. The molecule has 0 aliphatic heterocycles. The van der Waals surface area contributed by atoms with E-state index in [1.807, 2.05) is 6.07 Å². The first-order chi connectivity index (χ1) is 6.74. The maximum Gasteiger partial charge on any atom is 0.360 e. The molecule has 0 saturated heterocycles. The number of aromatic nitrogens is 2. The molecule has 0 amide bonds. The minimum absolute atomic E-state index is 0.139. The molecule has 2 rings (SSSR count). The van der Waals surface area contributed by atoms with E-state index in [2.05, 4.69) is 9.84 Å². The van der Waals surface area contributed by atoms with Crippen LogP contribution in [0.5, 0.6) is 0 Å². The SMILES string of the molecule is COC(=O)c1nn2ccccc2c1Cl. The van der Waals surface area contributed by atoms with Gasteiger partial charge < -0.3 is 4.74 Å². The van der Waals surface area contributed by atoms with Gasteiger partial charge in [-0.25, -0.2) is 9.31 Å². The highest BCUT2D eigenvalue weighted by atomic mass is 35.5. The van der Waals surface area contributed by atoms with Crippen molar-refractivity contribution in [2.45, 2.75) is 0 Å². The van der Waals surface area contributed by atoms with E-state index in [1.54, 1.807) is 18.3 Å². The number of halogens is 1. The molecule has 2 aromatic rings. The van der Waals surface area contributed by atoms with Crippen LogP contribution in [0.4, 0.5) is 0 Å². The van der Waals surface area contributed by atoms with Gasteiger partial charge >= 0.3 is 5.97 Å². The molecule has 0 aliphatic carbocycles. The second-order valence-corrected chi connectivity index (χ2v) is 3.06. The summed E-state index contributed by atoms with van der Waals surface area (Å²) in [6, 6.07) is 5.41. The van der Waals surface area contributed by atoms with Gasteiger partial charge in [-0.1, -0.05) is 17.7 Å². The van der Waals surface area contributed by atoms with E-state index >= 15 is 0 Å². The number of nitrogens with zero attached hydrogens (tertiary/aromatic N) is 2. The number of hydrogen-bond donors (Lipinski definition) is 0. The van der Waals surface area contributed by atoms with Crippen molar-refractivity contribution >= 4 is 23.1 Å². The first kappa shape index (κ1) is 9.02. The quantitative estimate of drug-likeness (QED) is 0.674. The van der Waals surface area contributed by atoms with Crippen molar-refractivity contribution in [1.82, 2.24) is 9.61 Å². The van der Waals surface area contributed by atoms with Crippen molar-refractivity contribution in [3.8, 4) is 0 Å². The fourth-order valence-corrected chi connectivity index (χ4v) is 1.46. The highest BCUT2D eigenvalue weighted by Crippen LogP contribution is 2.21. The van der Waals surface area contributed by atoms with Crippen LogP contribution < -0.4 is 0 Å². The smallest absolute Gasteiger partial charge is 0.360 e. The van der Waals surface area contributed by atoms with Gasteiger partial charge in [-0.05, 0) is 12.1 Å². The molecule has 0 spiro atoms. The summed E-state index contributed by atoms with van der Waals surface area (Å²) in [5.74, 6) is -0.529. The van der Waals surface area contributed by atoms with Crippen molar-refractivity contribution in [2.24, 2.45) is 0 Å². The average Bonchev–Trinajstić information content (AvgIpc) is 2.56. The topological polar surface area (TPSA) is 43.6 Å². The Labute approximate surface area is 85.0 Å². The number of hydrogen-bond acceptors (Lipinski definition) is 3. The predicted octanol–water partition coefficient (Wildman–Crippen LogP) is 1.77. The Hall–Kier alpha value is -1.55. The highest BCUT2D eigenvalue weighted by molar-refractivity contribution is 6.36. The molecule has 0 atom stereocenters. The van der Waals surface area contributed by atoms with Gasteiger partial charge in [0.25, 0.3) is 0 Å². The second-order valence-electron chi connectivity index (χ2n) is 2.68. The van der Waals surface area contributed by atoms with Crippen LogP contribution in [0.25, 0.3) is 5.52 Å². The second kappa shape index (κ2) is 3.31. The number of esters is 1. The van der Waals surface area contributed by atoms with Gasteiger partial charge in [0.2, 0.25) is 0 Å². The number of methoxy groups -OCH3 is 1. The molecule has 4 nitrogen and oxygen atoms in total. The Balaban J connectivity index is 2.68. The molecule has 0 N–H and O–H groups in total. The first-order valence-corrected chi connectivity index (χ1v) is 4.33. The summed E-state index contributed by atoms with van der Waals surface area (Å²) in [5, 5.41) is 4.31. The molecule has 0 unspecified atom stereocenters. The van der Waals surface area contributed by atoms with E-state index < -0.39 is 5.97 Å². The van der Waals surface area contributed by atoms with Crippen molar-refractivity contribution < 1.29 is 9.53 Å². The molecule has 72 valence electrons. The van der Waals surface area contributed by atoms with Gasteiger partial charge in [0, 0.05) is 6.20 Å². The first-order valence-electron chi connectivity index (χ1n) is 3.95. The Kier molecular flexibility index (Phi) is 2.13. The molecular weight excluding hydrogens is 204 g/mol. The predicted molar refractivity (Wildman–Crippen MR) is 51.5 cm³/mol. The van der Waals surface area contributed by atoms with Crippen LogP contribution in [0.2, 0.25) is 5.02 Å². The van der Waals surface area contributed by atoms with Gasteiger partial charge in [0.05, 0.1) is 12.6 Å². The minimum Gasteiger partial charge on any atom is -0.464 e. The monoisotopic (exact) mass is 210 g/mol. The van der Waals surface area contributed by atoms with E-state index in [0.717, 1.165) is 0 Å². The Bertz CT molecular complexity index is 493. The maximum atomic E-state index is 11.2. The zero-order valence-corrected chi connectivity index (χ0v) is 8.15. The lowest BCUT2D eigenvalue weighted by Crippen LogP contribution is -2.02. The number of pyridine rings is 1. The van der Waals surface area contributed by atoms with E-state index in [0.29, 0.717) is 10.5 Å². The van der Waals surface area contributed by atoms with Crippen LogP contribution >= 0.6 is 11.6 Å². The molecule has 2 aromatic heterocycles. The summed E-state index contributed by atoms with van der Waals surface area (Å²) in [6.45, 7) is 0. The molecule has 0 saturated carbocycles. The number of carbonyl (C=O) groups is 1. The van der Waals surface area contributed by atoms with Crippen molar-refractivity contribution in [3.05, 3.63) is 35.1 Å². The van der Waals surface area contributed by atoms with E-state index in [4.69, 9.17) is 11.6 Å². The summed E-state index contributed by atoms with van der Waals surface area (Å²) in [6.07, 6.45) is 1.72. The molecule has 0 fully saturated rings. The molecule has 5 heteroatoms. The number of fused-ring (bicyclic) bond motifs is 1. The molecule has 0 aromatic carbocycles. The van der Waals surface area contributed by atoms with Gasteiger partial charge in [-0.15, -0.1) is 0 Å². The van der Waals surface area contributed by atoms with Crippen LogP contribution in [-0.2, 0) is 4.74 Å². The molecule has 14 heavy (non-hydrogen) atoms. The summed E-state index contributed by atoms with van der Waals surface area (Å²) in [7, 11) is 1.29. The lowest BCUT2D eigenvalue weighted by Gasteiger charge is -1.91. The Morgan fingerprint density at radius 2 is 2.36 bits per heavy atom. The van der Waals surface area contributed by atoms with E-state index in [9.17, 15) is 4.79 Å². The zero-order chi connectivity index (χ0) is 10.1. The van der Waals surface area contributed by atoms with Crippen LogP contribution in [0, 0.1) is 0 Å². The van der Waals surface area contributed by atoms with E-state index in [-0.39, 0.29) is 5.69 Å². The van der Waals surface area contributed by atoms with Crippen LogP contribution in [0.3, 0.4) is 0 Å². The number of ether oxygens (including phenoxy) is 1.